The van der Waals surface area contributed by atoms with Crippen molar-refractivity contribution >= 4 is 45.1 Å². The lowest BCUT2D eigenvalue weighted by molar-refractivity contribution is -0.131. The van der Waals surface area contributed by atoms with E-state index in [1.54, 1.807) is 23.6 Å². The van der Waals surface area contributed by atoms with Crippen molar-refractivity contribution in [1.29, 1.82) is 0 Å². The van der Waals surface area contributed by atoms with E-state index in [1.165, 1.54) is 5.56 Å². The van der Waals surface area contributed by atoms with Crippen molar-refractivity contribution in [3.8, 4) is 0 Å². The number of carboxylic acid groups (broad SMARTS) is 1. The van der Waals surface area contributed by atoms with Crippen LogP contribution < -0.4 is 4.90 Å². The second-order valence-electron chi connectivity index (χ2n) is 4.70. The minimum absolute atomic E-state index is 0.778. The molecule has 0 aliphatic rings. The summed E-state index contributed by atoms with van der Waals surface area (Å²) in [7, 11) is 1.99. The largest absolute Gasteiger partial charge is 0.478 e. The monoisotopic (exact) mass is 366 g/mol. The molecular weight excluding hydrogens is 352 g/mol. The molecule has 0 aliphatic heterocycles. The first-order valence-electron chi connectivity index (χ1n) is 6.27. The number of hydrogen-bond acceptors (Lipinski definition) is 4. The first kappa shape index (κ1) is 15.7. The van der Waals surface area contributed by atoms with E-state index in [2.05, 4.69) is 37.3 Å². The van der Waals surface area contributed by atoms with Crippen molar-refractivity contribution in [3.63, 3.8) is 0 Å². The Bertz CT molecular complexity index is 682. The molecular formula is C15H15BrN2O2S. The van der Waals surface area contributed by atoms with Gasteiger partial charge in [0, 0.05) is 25.9 Å². The lowest BCUT2D eigenvalue weighted by Crippen LogP contribution is -2.18. The molecule has 0 spiro atoms. The second kappa shape index (κ2) is 6.87. The number of aromatic nitrogens is 1. The van der Waals surface area contributed by atoms with Crippen LogP contribution in [0.2, 0.25) is 0 Å². The number of anilines is 1. The van der Waals surface area contributed by atoms with Gasteiger partial charge in [-0.2, -0.15) is 0 Å². The predicted molar refractivity (Wildman–Crippen MR) is 89.8 cm³/mol. The molecule has 110 valence electrons. The Hall–Kier alpha value is -1.66. The molecule has 2 aromatic heterocycles. The SMILES string of the molecule is Cc1cc(/C=C/C(=O)O)cnc1N(C)Cc1csc(Br)c1. The zero-order valence-electron chi connectivity index (χ0n) is 11.7. The second-order valence-corrected chi connectivity index (χ2v) is 6.99. The normalized spacial score (nSPS) is 11.0. The van der Waals surface area contributed by atoms with Gasteiger partial charge in [0.15, 0.2) is 0 Å². The molecule has 0 fully saturated rings. The Morgan fingerprint density at radius 3 is 2.86 bits per heavy atom. The fraction of sp³-hybridized carbons (Fsp3) is 0.200. The molecule has 2 rings (SSSR count). The van der Waals surface area contributed by atoms with Gasteiger partial charge in [0.1, 0.15) is 5.82 Å². The van der Waals surface area contributed by atoms with Crippen LogP contribution in [0.3, 0.4) is 0 Å². The quantitative estimate of drug-likeness (QED) is 0.814. The number of halogens is 1. The van der Waals surface area contributed by atoms with Crippen LogP contribution in [0.5, 0.6) is 0 Å². The first-order chi connectivity index (χ1) is 9.95. The highest BCUT2D eigenvalue weighted by Crippen LogP contribution is 2.24. The van der Waals surface area contributed by atoms with Gasteiger partial charge >= 0.3 is 5.97 Å². The fourth-order valence-electron chi connectivity index (χ4n) is 2.03. The van der Waals surface area contributed by atoms with E-state index >= 15 is 0 Å². The van der Waals surface area contributed by atoms with E-state index in [1.807, 2.05) is 20.0 Å². The summed E-state index contributed by atoms with van der Waals surface area (Å²) in [5.74, 6) is -0.0679. The van der Waals surface area contributed by atoms with E-state index in [-0.39, 0.29) is 0 Å². The van der Waals surface area contributed by atoms with Crippen LogP contribution in [0.15, 0.2) is 33.6 Å². The number of carbonyl (C=O) groups is 1. The van der Waals surface area contributed by atoms with E-state index in [0.717, 1.165) is 33.4 Å². The summed E-state index contributed by atoms with van der Waals surface area (Å²) in [5, 5.41) is 10.7. The van der Waals surface area contributed by atoms with E-state index < -0.39 is 5.97 Å². The number of aliphatic carboxylic acids is 1. The molecule has 0 aliphatic carbocycles. The zero-order valence-corrected chi connectivity index (χ0v) is 14.1. The maximum Gasteiger partial charge on any atom is 0.328 e. The molecule has 2 heterocycles. The Balaban J connectivity index is 2.14. The molecule has 0 saturated heterocycles. The minimum Gasteiger partial charge on any atom is -0.478 e. The third-order valence-corrected chi connectivity index (χ3v) is 4.45. The van der Waals surface area contributed by atoms with Crippen LogP contribution in [-0.2, 0) is 11.3 Å². The van der Waals surface area contributed by atoms with Gasteiger partial charge in [-0.1, -0.05) is 0 Å². The highest BCUT2D eigenvalue weighted by atomic mass is 79.9. The maximum absolute atomic E-state index is 10.5. The first-order valence-corrected chi connectivity index (χ1v) is 7.94. The van der Waals surface area contributed by atoms with Crippen molar-refractivity contribution in [3.05, 3.63) is 50.3 Å². The topological polar surface area (TPSA) is 53.4 Å². The number of rotatable bonds is 5. The Morgan fingerprint density at radius 2 is 2.29 bits per heavy atom. The van der Waals surface area contributed by atoms with Crippen molar-refractivity contribution < 1.29 is 9.90 Å². The molecule has 6 heteroatoms. The van der Waals surface area contributed by atoms with Gasteiger partial charge in [-0.05, 0) is 63.1 Å². The van der Waals surface area contributed by atoms with Crippen LogP contribution in [0.25, 0.3) is 6.08 Å². The van der Waals surface area contributed by atoms with Crippen molar-refractivity contribution in [2.24, 2.45) is 0 Å². The number of thiophene rings is 1. The Morgan fingerprint density at radius 1 is 1.52 bits per heavy atom. The molecule has 1 N–H and O–H groups in total. The van der Waals surface area contributed by atoms with Gasteiger partial charge in [-0.3, -0.25) is 0 Å². The minimum atomic E-state index is -0.961. The summed E-state index contributed by atoms with van der Waals surface area (Å²) >= 11 is 5.12. The zero-order chi connectivity index (χ0) is 15.4. The predicted octanol–water partition coefficient (Wildman–Crippen LogP) is 3.95. The van der Waals surface area contributed by atoms with Crippen molar-refractivity contribution in [1.82, 2.24) is 4.98 Å². The fourth-order valence-corrected chi connectivity index (χ4v) is 3.23. The summed E-state index contributed by atoms with van der Waals surface area (Å²) in [4.78, 5) is 17.0. The standard InChI is InChI=1S/C15H15BrN2O2S/c1-10-5-11(3-4-14(19)20)7-17-15(10)18(2)8-12-6-13(16)21-9-12/h3-7,9H,8H2,1-2H3,(H,19,20)/b4-3+. The van der Waals surface area contributed by atoms with E-state index in [9.17, 15) is 4.79 Å². The summed E-state index contributed by atoms with van der Waals surface area (Å²) in [6.07, 6.45) is 4.34. The molecule has 0 amide bonds. The van der Waals surface area contributed by atoms with Crippen LogP contribution in [0.1, 0.15) is 16.7 Å². The molecule has 0 unspecified atom stereocenters. The summed E-state index contributed by atoms with van der Waals surface area (Å²) in [5.41, 5.74) is 3.02. The summed E-state index contributed by atoms with van der Waals surface area (Å²) in [6.45, 7) is 2.75. The molecule has 0 bridgehead atoms. The van der Waals surface area contributed by atoms with Crippen LogP contribution >= 0.6 is 27.3 Å². The van der Waals surface area contributed by atoms with Crippen molar-refractivity contribution in [2.45, 2.75) is 13.5 Å². The highest BCUT2D eigenvalue weighted by molar-refractivity contribution is 9.11. The summed E-state index contributed by atoms with van der Waals surface area (Å²) in [6, 6.07) is 4.03. The molecule has 4 nitrogen and oxygen atoms in total. The molecule has 0 aromatic carbocycles. The van der Waals surface area contributed by atoms with Crippen LogP contribution in [0, 0.1) is 6.92 Å². The number of carboxylic acids is 1. The van der Waals surface area contributed by atoms with E-state index in [4.69, 9.17) is 5.11 Å². The van der Waals surface area contributed by atoms with E-state index in [0.29, 0.717) is 0 Å². The Labute approximate surface area is 135 Å². The smallest absolute Gasteiger partial charge is 0.328 e. The molecule has 0 radical (unpaired) electrons. The van der Waals surface area contributed by atoms with Gasteiger partial charge < -0.3 is 10.0 Å². The summed E-state index contributed by atoms with van der Waals surface area (Å²) < 4.78 is 1.12. The lowest BCUT2D eigenvalue weighted by Gasteiger charge is -2.19. The van der Waals surface area contributed by atoms with Gasteiger partial charge in [0.05, 0.1) is 3.79 Å². The lowest BCUT2D eigenvalue weighted by atomic mass is 10.2. The molecule has 21 heavy (non-hydrogen) atoms. The third kappa shape index (κ3) is 4.41. The number of aryl methyl sites for hydroxylation is 1. The molecule has 0 atom stereocenters. The number of pyridine rings is 1. The average Bonchev–Trinajstić information content (AvgIpc) is 2.81. The Kier molecular flexibility index (Phi) is 5.14. The highest BCUT2D eigenvalue weighted by Gasteiger charge is 2.08. The number of nitrogens with zero attached hydrogens (tertiary/aromatic N) is 2. The van der Waals surface area contributed by atoms with Gasteiger partial charge in [0.2, 0.25) is 0 Å². The van der Waals surface area contributed by atoms with Crippen molar-refractivity contribution in [2.75, 3.05) is 11.9 Å². The average molecular weight is 367 g/mol. The number of hydrogen-bond donors (Lipinski definition) is 1. The van der Waals surface area contributed by atoms with Gasteiger partial charge in [0.25, 0.3) is 0 Å². The molecule has 0 saturated carbocycles. The third-order valence-electron chi connectivity index (χ3n) is 2.89. The van der Waals surface area contributed by atoms with Crippen LogP contribution in [-0.4, -0.2) is 23.1 Å². The molecule has 2 aromatic rings. The van der Waals surface area contributed by atoms with Crippen LogP contribution in [0.4, 0.5) is 5.82 Å². The van der Waals surface area contributed by atoms with Gasteiger partial charge in [-0.15, -0.1) is 11.3 Å². The van der Waals surface area contributed by atoms with Gasteiger partial charge in [-0.25, -0.2) is 9.78 Å². The maximum atomic E-state index is 10.5.